The third kappa shape index (κ3) is 4.29. The Bertz CT molecular complexity index is 614. The van der Waals surface area contributed by atoms with E-state index in [2.05, 4.69) is 16.8 Å². The monoisotopic (exact) mass is 285 g/mol. The fourth-order valence-corrected chi connectivity index (χ4v) is 1.89. The zero-order chi connectivity index (χ0) is 14.2. The number of ether oxygens (including phenoxy) is 1. The minimum Gasteiger partial charge on any atom is -0.492 e. The zero-order valence-electron chi connectivity index (χ0n) is 11.4. The Kier molecular flexibility index (Phi) is 5.46. The van der Waals surface area contributed by atoms with Crippen LogP contribution in [0.4, 0.5) is 0 Å². The summed E-state index contributed by atoms with van der Waals surface area (Å²) in [7, 11) is 0. The third-order valence-electron chi connectivity index (χ3n) is 2.80. The van der Waals surface area contributed by atoms with E-state index in [0.717, 1.165) is 28.9 Å². The Labute approximate surface area is 124 Å². The molecule has 0 aliphatic heterocycles. The largest absolute Gasteiger partial charge is 0.492 e. The van der Waals surface area contributed by atoms with Gasteiger partial charge in [-0.2, -0.15) is 0 Å². The van der Waals surface area contributed by atoms with E-state index >= 15 is 0 Å². The van der Waals surface area contributed by atoms with Crippen LogP contribution >= 0.6 is 11.6 Å². The van der Waals surface area contributed by atoms with Crippen LogP contribution in [0, 0.1) is 18.8 Å². The highest BCUT2D eigenvalue weighted by molar-refractivity contribution is 6.19. The van der Waals surface area contributed by atoms with Crippen molar-refractivity contribution >= 4 is 11.6 Å². The number of rotatable bonds is 4. The van der Waals surface area contributed by atoms with Crippen LogP contribution < -0.4 is 4.74 Å². The lowest BCUT2D eigenvalue weighted by Crippen LogP contribution is -2.03. The molecule has 0 radical (unpaired) electrons. The Balaban J connectivity index is 2.02. The van der Waals surface area contributed by atoms with Crippen LogP contribution in [0.15, 0.2) is 42.7 Å². The molecule has 0 unspecified atom stereocenters. The number of halogens is 1. The average Bonchev–Trinajstić information content (AvgIpc) is 2.48. The van der Waals surface area contributed by atoms with Crippen molar-refractivity contribution in [2.75, 3.05) is 12.5 Å². The van der Waals surface area contributed by atoms with Gasteiger partial charge in [-0.05, 0) is 36.2 Å². The molecule has 2 rings (SSSR count). The standard InChI is InChI=1S/C17H16ClNO/c1-14-6-7-17(16(12-14)5-2-9-18)20-11-8-15-4-3-10-19-13-15/h3-4,6-7,10,12-13H,8-9,11H2,1H3. The highest BCUT2D eigenvalue weighted by Gasteiger charge is 2.02. The first-order valence-corrected chi connectivity index (χ1v) is 7.00. The maximum atomic E-state index is 5.82. The predicted octanol–water partition coefficient (Wildman–Crippen LogP) is 3.60. The topological polar surface area (TPSA) is 22.1 Å². The molecule has 0 bridgehead atoms. The van der Waals surface area contributed by atoms with Crippen molar-refractivity contribution in [1.82, 2.24) is 4.98 Å². The van der Waals surface area contributed by atoms with Gasteiger partial charge in [-0.1, -0.05) is 24.0 Å². The molecule has 102 valence electrons. The number of hydrogen-bond donors (Lipinski definition) is 0. The van der Waals surface area contributed by atoms with Crippen molar-refractivity contribution in [2.24, 2.45) is 0 Å². The highest BCUT2D eigenvalue weighted by Crippen LogP contribution is 2.19. The van der Waals surface area contributed by atoms with Crippen LogP contribution in [0.5, 0.6) is 5.75 Å². The number of alkyl halides is 1. The molecule has 2 nitrogen and oxygen atoms in total. The van der Waals surface area contributed by atoms with E-state index in [1.807, 2.05) is 43.5 Å². The fourth-order valence-electron chi connectivity index (χ4n) is 1.82. The minimum atomic E-state index is 0.322. The predicted molar refractivity (Wildman–Crippen MR) is 82.2 cm³/mol. The van der Waals surface area contributed by atoms with Gasteiger partial charge in [0, 0.05) is 18.8 Å². The van der Waals surface area contributed by atoms with Crippen molar-refractivity contribution in [3.05, 3.63) is 59.4 Å². The molecule has 0 saturated carbocycles. The second-order valence-electron chi connectivity index (χ2n) is 4.39. The molecule has 0 fully saturated rings. The number of aromatic nitrogens is 1. The summed E-state index contributed by atoms with van der Waals surface area (Å²) in [6.07, 6.45) is 4.45. The number of aryl methyl sites for hydroxylation is 1. The van der Waals surface area contributed by atoms with E-state index in [0.29, 0.717) is 12.5 Å². The maximum Gasteiger partial charge on any atom is 0.134 e. The Morgan fingerprint density at radius 2 is 2.20 bits per heavy atom. The van der Waals surface area contributed by atoms with Crippen molar-refractivity contribution in [1.29, 1.82) is 0 Å². The van der Waals surface area contributed by atoms with E-state index in [-0.39, 0.29) is 0 Å². The summed E-state index contributed by atoms with van der Waals surface area (Å²) in [5.41, 5.74) is 3.20. The van der Waals surface area contributed by atoms with Crippen LogP contribution in [0.2, 0.25) is 0 Å². The molecular formula is C17H16ClNO. The Hall–Kier alpha value is -1.98. The second-order valence-corrected chi connectivity index (χ2v) is 4.66. The van der Waals surface area contributed by atoms with Crippen LogP contribution in [-0.4, -0.2) is 17.5 Å². The molecule has 0 atom stereocenters. The van der Waals surface area contributed by atoms with Gasteiger partial charge in [-0.3, -0.25) is 4.98 Å². The van der Waals surface area contributed by atoms with Gasteiger partial charge < -0.3 is 4.74 Å². The average molecular weight is 286 g/mol. The van der Waals surface area contributed by atoms with Gasteiger partial charge >= 0.3 is 0 Å². The molecule has 1 aromatic carbocycles. The summed E-state index contributed by atoms with van der Waals surface area (Å²) in [5, 5.41) is 0. The fraction of sp³-hybridized carbons (Fsp3) is 0.235. The van der Waals surface area contributed by atoms with Gasteiger partial charge in [0.15, 0.2) is 0 Å². The SMILES string of the molecule is Cc1ccc(OCCc2cccnc2)c(C#CCCl)c1. The molecule has 0 N–H and O–H groups in total. The summed E-state index contributed by atoms with van der Waals surface area (Å²) in [5.74, 6) is 7.02. The van der Waals surface area contributed by atoms with Crippen molar-refractivity contribution in [3.8, 4) is 17.6 Å². The van der Waals surface area contributed by atoms with Gasteiger partial charge in [0.1, 0.15) is 5.75 Å². The maximum absolute atomic E-state index is 5.82. The lowest BCUT2D eigenvalue weighted by Gasteiger charge is -2.09. The molecule has 0 amide bonds. The lowest BCUT2D eigenvalue weighted by molar-refractivity contribution is 0.321. The molecular weight excluding hydrogens is 270 g/mol. The summed E-state index contributed by atoms with van der Waals surface area (Å²) in [6, 6.07) is 9.96. The van der Waals surface area contributed by atoms with E-state index < -0.39 is 0 Å². The number of nitrogens with zero attached hydrogens (tertiary/aromatic N) is 1. The smallest absolute Gasteiger partial charge is 0.134 e. The quantitative estimate of drug-likeness (QED) is 0.632. The zero-order valence-corrected chi connectivity index (χ0v) is 12.2. The number of pyridine rings is 1. The normalized spacial score (nSPS) is 9.70. The van der Waals surface area contributed by atoms with Crippen molar-refractivity contribution in [2.45, 2.75) is 13.3 Å². The van der Waals surface area contributed by atoms with E-state index in [4.69, 9.17) is 16.3 Å². The molecule has 0 spiro atoms. The molecule has 0 aliphatic rings. The van der Waals surface area contributed by atoms with Gasteiger partial charge in [0.05, 0.1) is 18.1 Å². The van der Waals surface area contributed by atoms with Gasteiger partial charge in [-0.15, -0.1) is 11.6 Å². The third-order valence-corrected chi connectivity index (χ3v) is 2.93. The van der Waals surface area contributed by atoms with E-state index in [9.17, 15) is 0 Å². The molecule has 20 heavy (non-hydrogen) atoms. The first-order chi connectivity index (χ1) is 9.79. The van der Waals surface area contributed by atoms with Gasteiger partial charge in [-0.25, -0.2) is 0 Å². The van der Waals surface area contributed by atoms with Crippen molar-refractivity contribution in [3.63, 3.8) is 0 Å². The van der Waals surface area contributed by atoms with Crippen LogP contribution in [0.1, 0.15) is 16.7 Å². The van der Waals surface area contributed by atoms with Crippen molar-refractivity contribution < 1.29 is 4.74 Å². The number of hydrogen-bond acceptors (Lipinski definition) is 2. The summed E-state index contributed by atoms with van der Waals surface area (Å²) in [6.45, 7) is 2.63. The lowest BCUT2D eigenvalue weighted by atomic mass is 10.1. The highest BCUT2D eigenvalue weighted by atomic mass is 35.5. The molecule has 1 heterocycles. The van der Waals surface area contributed by atoms with E-state index in [1.165, 1.54) is 0 Å². The minimum absolute atomic E-state index is 0.322. The molecule has 1 aromatic heterocycles. The van der Waals surface area contributed by atoms with Crippen LogP contribution in [0.3, 0.4) is 0 Å². The van der Waals surface area contributed by atoms with Crippen LogP contribution in [0.25, 0.3) is 0 Å². The summed E-state index contributed by atoms with van der Waals surface area (Å²) < 4.78 is 5.82. The first-order valence-electron chi connectivity index (χ1n) is 6.47. The molecule has 3 heteroatoms. The number of benzene rings is 1. The molecule has 0 aliphatic carbocycles. The molecule has 2 aromatic rings. The summed E-state index contributed by atoms with van der Waals surface area (Å²) in [4.78, 5) is 4.09. The Morgan fingerprint density at radius 1 is 1.30 bits per heavy atom. The van der Waals surface area contributed by atoms with E-state index in [1.54, 1.807) is 6.20 Å². The molecule has 0 saturated heterocycles. The first kappa shape index (κ1) is 14.4. The summed E-state index contributed by atoms with van der Waals surface area (Å²) >= 11 is 5.61. The van der Waals surface area contributed by atoms with Gasteiger partial charge in [0.2, 0.25) is 0 Å². The van der Waals surface area contributed by atoms with Crippen LogP contribution in [-0.2, 0) is 6.42 Å². The Morgan fingerprint density at radius 3 is 2.95 bits per heavy atom. The van der Waals surface area contributed by atoms with Gasteiger partial charge in [0.25, 0.3) is 0 Å². The second kappa shape index (κ2) is 7.57.